The minimum Gasteiger partial charge on any atom is -0.381 e. The number of aryl methyl sites for hydroxylation is 1. The number of anilines is 1. The van der Waals surface area contributed by atoms with E-state index in [1.165, 1.54) is 13.6 Å². The van der Waals surface area contributed by atoms with Crippen LogP contribution in [-0.4, -0.2) is 44.5 Å². The van der Waals surface area contributed by atoms with Crippen molar-refractivity contribution in [3.8, 4) is 17.5 Å². The molecular formula is C28H24N10O2. The smallest absolute Gasteiger partial charge is 0.283 e. The summed E-state index contributed by atoms with van der Waals surface area (Å²) in [5, 5.41) is 16.0. The van der Waals surface area contributed by atoms with Crippen LogP contribution in [0.1, 0.15) is 46.0 Å². The number of nitrogens with one attached hydrogen (secondary N) is 1. The maximum atomic E-state index is 14.0. The Hall–Kier alpha value is -5.70. The summed E-state index contributed by atoms with van der Waals surface area (Å²) < 4.78 is 6.16. The molecule has 1 amide bonds. The second kappa shape index (κ2) is 9.55. The van der Waals surface area contributed by atoms with Gasteiger partial charge in [-0.1, -0.05) is 30.0 Å². The number of nitrogens with two attached hydrogens (primary N) is 1. The van der Waals surface area contributed by atoms with Gasteiger partial charge in [0.05, 0.1) is 34.7 Å². The molecule has 0 radical (unpaired) electrons. The average Bonchev–Trinajstić information content (AvgIpc) is 3.62. The van der Waals surface area contributed by atoms with Crippen molar-refractivity contribution < 1.29 is 4.79 Å². The molecule has 0 saturated heterocycles. The molecule has 40 heavy (non-hydrogen) atoms. The Bertz CT molecular complexity index is 2040. The van der Waals surface area contributed by atoms with E-state index in [0.29, 0.717) is 28.2 Å². The van der Waals surface area contributed by atoms with Crippen molar-refractivity contribution in [2.45, 2.75) is 19.9 Å². The van der Waals surface area contributed by atoms with Crippen LogP contribution in [-0.2, 0) is 7.05 Å². The fourth-order valence-electron chi connectivity index (χ4n) is 4.50. The first-order valence-electron chi connectivity index (χ1n) is 12.4. The lowest BCUT2D eigenvalue weighted by atomic mass is 10.2. The van der Waals surface area contributed by atoms with Crippen LogP contribution in [0.25, 0.3) is 16.9 Å². The number of nitrogens with zero attached hydrogens (tertiary/aromatic N) is 8. The third-order valence-corrected chi connectivity index (χ3v) is 6.68. The molecule has 12 nitrogen and oxygen atoms in total. The van der Waals surface area contributed by atoms with E-state index in [9.17, 15) is 9.59 Å². The molecule has 0 spiro atoms. The normalized spacial score (nSPS) is 11.9. The van der Waals surface area contributed by atoms with E-state index in [1.807, 2.05) is 32.2 Å². The van der Waals surface area contributed by atoms with Gasteiger partial charge in [-0.2, -0.15) is 10.2 Å². The Morgan fingerprint density at radius 1 is 1.02 bits per heavy atom. The van der Waals surface area contributed by atoms with Gasteiger partial charge in [0.2, 0.25) is 0 Å². The number of amides is 1. The zero-order valence-electron chi connectivity index (χ0n) is 21.9. The van der Waals surface area contributed by atoms with E-state index >= 15 is 0 Å². The summed E-state index contributed by atoms with van der Waals surface area (Å²) in [6, 6.07) is 11.9. The van der Waals surface area contributed by atoms with Crippen LogP contribution < -0.4 is 16.6 Å². The van der Waals surface area contributed by atoms with Gasteiger partial charge < -0.3 is 11.1 Å². The monoisotopic (exact) mass is 532 g/mol. The molecule has 0 unspecified atom stereocenters. The fourth-order valence-corrected chi connectivity index (χ4v) is 4.50. The largest absolute Gasteiger partial charge is 0.381 e. The van der Waals surface area contributed by atoms with Gasteiger partial charge in [0.25, 0.3) is 11.5 Å². The highest BCUT2D eigenvalue weighted by atomic mass is 16.2. The molecule has 0 fully saturated rings. The number of benzene rings is 1. The van der Waals surface area contributed by atoms with Crippen molar-refractivity contribution in [2.24, 2.45) is 7.05 Å². The third kappa shape index (κ3) is 4.06. The first kappa shape index (κ1) is 24.6. The summed E-state index contributed by atoms with van der Waals surface area (Å²) in [4.78, 5) is 31.6. The molecule has 0 bridgehead atoms. The molecule has 6 rings (SSSR count). The number of carbonyl (C=O) groups excluding carboxylic acids is 1. The first-order chi connectivity index (χ1) is 19.3. The number of aromatic nitrogens is 8. The van der Waals surface area contributed by atoms with Crippen molar-refractivity contribution in [1.29, 1.82) is 0 Å². The Morgan fingerprint density at radius 3 is 2.55 bits per heavy atom. The van der Waals surface area contributed by atoms with Crippen molar-refractivity contribution in [3.63, 3.8) is 0 Å². The third-order valence-electron chi connectivity index (χ3n) is 6.68. The first-order valence-corrected chi connectivity index (χ1v) is 12.4. The quantitative estimate of drug-likeness (QED) is 0.331. The van der Waals surface area contributed by atoms with Crippen LogP contribution in [0, 0.1) is 18.8 Å². The van der Waals surface area contributed by atoms with Gasteiger partial charge in [-0.3, -0.25) is 18.8 Å². The van der Waals surface area contributed by atoms with Crippen LogP contribution in [0.15, 0.2) is 72.0 Å². The van der Waals surface area contributed by atoms with Crippen molar-refractivity contribution in [1.82, 2.24) is 43.9 Å². The van der Waals surface area contributed by atoms with Crippen LogP contribution in [0.3, 0.4) is 0 Å². The molecule has 12 heteroatoms. The van der Waals surface area contributed by atoms with Crippen molar-refractivity contribution in [3.05, 3.63) is 106 Å². The molecule has 0 aliphatic rings. The molecule has 3 N–H and O–H groups in total. The molecule has 6 aromatic rings. The zero-order valence-corrected chi connectivity index (χ0v) is 21.9. The summed E-state index contributed by atoms with van der Waals surface area (Å²) in [5.41, 5.74) is 9.32. The van der Waals surface area contributed by atoms with E-state index in [4.69, 9.17) is 10.8 Å². The van der Waals surface area contributed by atoms with Crippen molar-refractivity contribution in [2.75, 3.05) is 5.73 Å². The molecule has 198 valence electrons. The van der Waals surface area contributed by atoms with Crippen LogP contribution in [0.4, 0.5) is 5.82 Å². The van der Waals surface area contributed by atoms with Crippen LogP contribution >= 0.6 is 0 Å². The highest BCUT2D eigenvalue weighted by Gasteiger charge is 2.25. The topological polar surface area (TPSA) is 142 Å². The number of hydrogen-bond acceptors (Lipinski definition) is 7. The summed E-state index contributed by atoms with van der Waals surface area (Å²) in [7, 11) is 1.85. The van der Waals surface area contributed by atoms with Crippen LogP contribution in [0.5, 0.6) is 0 Å². The van der Waals surface area contributed by atoms with Gasteiger partial charge in [0.15, 0.2) is 17.3 Å². The SMILES string of the molecule is Cc1c(C#Cc2ccn3nc([C@H](C)NC(=O)c4c(N)nn5cccnc45)n(-c4ccccc4)c(=O)c23)cnn1C. The zero-order chi connectivity index (χ0) is 28.0. The van der Waals surface area contributed by atoms with Gasteiger partial charge in [-0.25, -0.2) is 14.0 Å². The number of hydrogen-bond donors (Lipinski definition) is 2. The molecule has 0 aliphatic carbocycles. The summed E-state index contributed by atoms with van der Waals surface area (Å²) in [6.45, 7) is 3.67. The number of nitrogen functional groups attached to an aromatic ring is 1. The van der Waals surface area contributed by atoms with Gasteiger partial charge in [-0.05, 0) is 38.1 Å². The molecular weight excluding hydrogens is 508 g/mol. The lowest BCUT2D eigenvalue weighted by Gasteiger charge is -2.19. The Labute approximate surface area is 227 Å². The predicted molar refractivity (Wildman–Crippen MR) is 148 cm³/mol. The number of rotatable bonds is 4. The van der Waals surface area contributed by atoms with Gasteiger partial charge >= 0.3 is 0 Å². The lowest BCUT2D eigenvalue weighted by molar-refractivity contribution is 0.0940. The summed E-state index contributed by atoms with van der Waals surface area (Å²) in [6.07, 6.45) is 6.58. The van der Waals surface area contributed by atoms with E-state index in [0.717, 1.165) is 11.3 Å². The van der Waals surface area contributed by atoms with Gasteiger partial charge in [-0.15, -0.1) is 5.10 Å². The Kier molecular flexibility index (Phi) is 5.88. The minimum atomic E-state index is -0.696. The predicted octanol–water partition coefficient (Wildman–Crippen LogP) is 2.04. The summed E-state index contributed by atoms with van der Waals surface area (Å²) in [5.74, 6) is 6.09. The molecule has 0 aliphatic heterocycles. The van der Waals surface area contributed by atoms with Crippen LogP contribution in [0.2, 0.25) is 0 Å². The molecule has 1 aromatic carbocycles. The average molecular weight is 533 g/mol. The molecule has 5 aromatic heterocycles. The summed E-state index contributed by atoms with van der Waals surface area (Å²) >= 11 is 0. The fraction of sp³-hybridized carbons (Fsp3) is 0.143. The van der Waals surface area contributed by atoms with E-state index in [-0.39, 0.29) is 16.9 Å². The minimum absolute atomic E-state index is 0.0461. The van der Waals surface area contributed by atoms with E-state index in [2.05, 4.69) is 32.3 Å². The van der Waals surface area contributed by atoms with Crippen molar-refractivity contribution >= 4 is 22.9 Å². The highest BCUT2D eigenvalue weighted by molar-refractivity contribution is 6.04. The maximum absolute atomic E-state index is 14.0. The van der Waals surface area contributed by atoms with Gasteiger partial charge in [0, 0.05) is 25.6 Å². The van der Waals surface area contributed by atoms with E-state index in [1.54, 1.807) is 60.7 Å². The molecule has 0 saturated carbocycles. The second-order valence-electron chi connectivity index (χ2n) is 9.22. The Balaban J connectivity index is 1.45. The highest BCUT2D eigenvalue weighted by Crippen LogP contribution is 2.20. The standard InChI is InChI=1S/C28H24N10O2/c1-17(32-27(39)22-24(29)33-37-14-7-13-30-26(22)37)25-34-36-15-12-19(10-11-20-16-31-35(3)18(20)2)23(36)28(40)38(25)21-8-5-4-6-9-21/h4-9,12-17H,1-3H3,(H2,29,33)(H,32,39)/t17-/m0/s1. The maximum Gasteiger partial charge on any atom is 0.283 e. The molecule has 5 heterocycles. The lowest BCUT2D eigenvalue weighted by Crippen LogP contribution is -2.34. The van der Waals surface area contributed by atoms with Gasteiger partial charge in [0.1, 0.15) is 11.1 Å². The molecule has 1 atom stereocenters. The Morgan fingerprint density at radius 2 is 1.80 bits per heavy atom. The van der Waals surface area contributed by atoms with E-state index < -0.39 is 11.9 Å². The second-order valence-corrected chi connectivity index (χ2v) is 9.22. The number of fused-ring (bicyclic) bond motifs is 2. The number of carbonyl (C=O) groups is 1. The number of para-hydroxylation sites is 1.